The third-order valence-corrected chi connectivity index (χ3v) is 3.75. The van der Waals surface area contributed by atoms with Crippen molar-refractivity contribution in [1.29, 1.82) is 0 Å². The highest BCUT2D eigenvalue weighted by Crippen LogP contribution is 2.24. The Bertz CT molecular complexity index is 236. The lowest BCUT2D eigenvalue weighted by atomic mass is 9.87. The van der Waals surface area contributed by atoms with Crippen molar-refractivity contribution >= 4 is 5.91 Å². The van der Waals surface area contributed by atoms with Gasteiger partial charge in [-0.15, -0.1) is 0 Å². The first-order chi connectivity index (χ1) is 7.75. The van der Waals surface area contributed by atoms with Gasteiger partial charge in [-0.1, -0.05) is 19.8 Å². The molecule has 1 saturated carbocycles. The number of carbonyl (C=O) groups excluding carboxylic acids is 1. The molecular weight excluding hydrogens is 202 g/mol. The first-order valence-electron chi connectivity index (χ1n) is 6.67. The molecule has 1 aliphatic heterocycles. The second-order valence-electron chi connectivity index (χ2n) is 5.33. The third-order valence-electron chi connectivity index (χ3n) is 3.75. The van der Waals surface area contributed by atoms with E-state index < -0.39 is 0 Å². The fourth-order valence-electron chi connectivity index (χ4n) is 2.81. The Kier molecular flexibility index (Phi) is 4.22. The number of amides is 1. The Morgan fingerprint density at radius 2 is 2.06 bits per heavy atom. The molecule has 3 nitrogen and oxygen atoms in total. The Morgan fingerprint density at radius 3 is 2.75 bits per heavy atom. The SMILES string of the molecule is CC1CCC[C@@H](NC(=O)C2CCCCO2)C1. The van der Waals surface area contributed by atoms with Crippen LogP contribution >= 0.6 is 0 Å². The molecule has 16 heavy (non-hydrogen) atoms. The van der Waals surface area contributed by atoms with E-state index in [0.29, 0.717) is 6.04 Å². The number of rotatable bonds is 2. The van der Waals surface area contributed by atoms with Crippen molar-refractivity contribution < 1.29 is 9.53 Å². The molecule has 3 heteroatoms. The van der Waals surface area contributed by atoms with Gasteiger partial charge in [0.2, 0.25) is 5.91 Å². The van der Waals surface area contributed by atoms with Crippen molar-refractivity contribution in [2.75, 3.05) is 6.61 Å². The minimum Gasteiger partial charge on any atom is -0.368 e. The summed E-state index contributed by atoms with van der Waals surface area (Å²) in [4.78, 5) is 11.9. The molecular formula is C13H23NO2. The van der Waals surface area contributed by atoms with Crippen LogP contribution < -0.4 is 5.32 Å². The van der Waals surface area contributed by atoms with E-state index in [9.17, 15) is 4.79 Å². The van der Waals surface area contributed by atoms with E-state index in [1.54, 1.807) is 0 Å². The zero-order valence-corrected chi connectivity index (χ0v) is 10.2. The molecule has 0 bridgehead atoms. The summed E-state index contributed by atoms with van der Waals surface area (Å²) in [6.45, 7) is 3.02. The molecule has 0 radical (unpaired) electrons. The van der Waals surface area contributed by atoms with Gasteiger partial charge in [0.05, 0.1) is 0 Å². The quantitative estimate of drug-likeness (QED) is 0.782. The molecule has 1 heterocycles. The van der Waals surface area contributed by atoms with Crippen LogP contribution in [0.2, 0.25) is 0 Å². The summed E-state index contributed by atoms with van der Waals surface area (Å²) in [5.74, 6) is 0.880. The Morgan fingerprint density at radius 1 is 1.19 bits per heavy atom. The summed E-state index contributed by atoms with van der Waals surface area (Å²) in [5.41, 5.74) is 0. The fraction of sp³-hybridized carbons (Fsp3) is 0.923. The highest BCUT2D eigenvalue weighted by Gasteiger charge is 2.26. The largest absolute Gasteiger partial charge is 0.368 e. The molecule has 1 saturated heterocycles. The molecule has 0 aromatic heterocycles. The molecule has 2 fully saturated rings. The van der Waals surface area contributed by atoms with Gasteiger partial charge in [-0.2, -0.15) is 0 Å². The first kappa shape index (κ1) is 11.9. The molecule has 3 atom stereocenters. The van der Waals surface area contributed by atoms with Gasteiger partial charge >= 0.3 is 0 Å². The van der Waals surface area contributed by atoms with Crippen molar-refractivity contribution in [3.8, 4) is 0 Å². The Hall–Kier alpha value is -0.570. The standard InChI is InChI=1S/C13H23NO2/c1-10-5-4-6-11(9-10)14-13(15)12-7-2-3-8-16-12/h10-12H,2-9H2,1H3,(H,14,15)/t10?,11-,12?/m1/s1. The molecule has 2 rings (SSSR count). The van der Waals surface area contributed by atoms with Crippen LogP contribution in [0.25, 0.3) is 0 Å². The zero-order chi connectivity index (χ0) is 11.4. The van der Waals surface area contributed by atoms with E-state index in [1.165, 1.54) is 12.8 Å². The molecule has 2 unspecified atom stereocenters. The van der Waals surface area contributed by atoms with E-state index >= 15 is 0 Å². The molecule has 1 amide bonds. The summed E-state index contributed by atoms with van der Waals surface area (Å²) in [7, 11) is 0. The van der Waals surface area contributed by atoms with Crippen molar-refractivity contribution in [2.24, 2.45) is 5.92 Å². The lowest BCUT2D eigenvalue weighted by molar-refractivity contribution is -0.136. The van der Waals surface area contributed by atoms with Gasteiger partial charge in [0.25, 0.3) is 0 Å². The van der Waals surface area contributed by atoms with Gasteiger partial charge in [-0.05, 0) is 38.0 Å². The molecule has 0 aromatic carbocycles. The van der Waals surface area contributed by atoms with E-state index in [-0.39, 0.29) is 12.0 Å². The van der Waals surface area contributed by atoms with E-state index in [1.807, 2.05) is 0 Å². The predicted molar refractivity (Wildman–Crippen MR) is 63.2 cm³/mol. The van der Waals surface area contributed by atoms with Crippen LogP contribution in [0.1, 0.15) is 51.9 Å². The molecule has 2 aliphatic rings. The monoisotopic (exact) mass is 225 g/mol. The summed E-state index contributed by atoms with van der Waals surface area (Å²) < 4.78 is 5.50. The number of ether oxygens (including phenoxy) is 1. The van der Waals surface area contributed by atoms with E-state index in [0.717, 1.165) is 44.6 Å². The van der Waals surface area contributed by atoms with Gasteiger partial charge in [-0.25, -0.2) is 0 Å². The first-order valence-corrected chi connectivity index (χ1v) is 6.67. The minimum absolute atomic E-state index is 0.124. The van der Waals surface area contributed by atoms with Crippen LogP contribution in [0, 0.1) is 5.92 Å². The van der Waals surface area contributed by atoms with Gasteiger partial charge in [-0.3, -0.25) is 4.79 Å². The van der Waals surface area contributed by atoms with Crippen LogP contribution in [0.5, 0.6) is 0 Å². The smallest absolute Gasteiger partial charge is 0.249 e. The van der Waals surface area contributed by atoms with Crippen LogP contribution in [-0.2, 0) is 9.53 Å². The minimum atomic E-state index is -0.175. The average molecular weight is 225 g/mol. The highest BCUT2D eigenvalue weighted by molar-refractivity contribution is 5.81. The third kappa shape index (κ3) is 3.21. The Balaban J connectivity index is 1.77. The van der Waals surface area contributed by atoms with Crippen LogP contribution in [0.3, 0.4) is 0 Å². The topological polar surface area (TPSA) is 38.3 Å². The highest BCUT2D eigenvalue weighted by atomic mass is 16.5. The lowest BCUT2D eigenvalue weighted by Gasteiger charge is -2.30. The van der Waals surface area contributed by atoms with Crippen molar-refractivity contribution in [1.82, 2.24) is 5.32 Å². The van der Waals surface area contributed by atoms with Gasteiger partial charge < -0.3 is 10.1 Å². The fourth-order valence-corrected chi connectivity index (χ4v) is 2.81. The second kappa shape index (κ2) is 5.67. The van der Waals surface area contributed by atoms with Gasteiger partial charge in [0.15, 0.2) is 0 Å². The summed E-state index contributed by atoms with van der Waals surface area (Å²) in [6, 6.07) is 0.391. The normalized spacial score (nSPS) is 35.7. The molecule has 92 valence electrons. The average Bonchev–Trinajstić information content (AvgIpc) is 2.30. The maximum atomic E-state index is 11.9. The number of carbonyl (C=O) groups is 1. The zero-order valence-electron chi connectivity index (χ0n) is 10.2. The second-order valence-corrected chi connectivity index (χ2v) is 5.33. The maximum Gasteiger partial charge on any atom is 0.249 e. The molecule has 1 N–H and O–H groups in total. The number of nitrogens with one attached hydrogen (secondary N) is 1. The van der Waals surface area contributed by atoms with Crippen molar-refractivity contribution in [3.05, 3.63) is 0 Å². The maximum absolute atomic E-state index is 11.9. The van der Waals surface area contributed by atoms with Crippen molar-refractivity contribution in [3.63, 3.8) is 0 Å². The van der Waals surface area contributed by atoms with E-state index in [2.05, 4.69) is 12.2 Å². The molecule has 1 aliphatic carbocycles. The predicted octanol–water partition coefficient (Wildman–Crippen LogP) is 2.25. The number of hydrogen-bond acceptors (Lipinski definition) is 2. The summed E-state index contributed by atoms with van der Waals surface area (Å²) in [6.07, 6.45) is 7.79. The lowest BCUT2D eigenvalue weighted by Crippen LogP contribution is -2.45. The summed E-state index contributed by atoms with van der Waals surface area (Å²) in [5, 5.41) is 3.16. The molecule has 0 spiro atoms. The number of hydrogen-bond donors (Lipinski definition) is 1. The van der Waals surface area contributed by atoms with Gasteiger partial charge in [0, 0.05) is 12.6 Å². The molecule has 0 aromatic rings. The van der Waals surface area contributed by atoms with Gasteiger partial charge in [0.1, 0.15) is 6.10 Å². The van der Waals surface area contributed by atoms with Crippen LogP contribution in [0.15, 0.2) is 0 Å². The Labute approximate surface area is 97.9 Å². The summed E-state index contributed by atoms with van der Waals surface area (Å²) >= 11 is 0. The van der Waals surface area contributed by atoms with E-state index in [4.69, 9.17) is 4.74 Å². The van der Waals surface area contributed by atoms with Crippen LogP contribution in [0.4, 0.5) is 0 Å². The van der Waals surface area contributed by atoms with Crippen molar-refractivity contribution in [2.45, 2.75) is 64.0 Å². The van der Waals surface area contributed by atoms with Crippen LogP contribution in [-0.4, -0.2) is 24.7 Å².